The maximum absolute atomic E-state index is 11.5. The van der Waals surface area contributed by atoms with Crippen LogP contribution in [0.25, 0.3) is 10.9 Å². The third kappa shape index (κ3) is 1.89. The first-order valence-electron chi connectivity index (χ1n) is 5.60. The van der Waals surface area contributed by atoms with E-state index in [4.69, 9.17) is 0 Å². The molecular formula is C12H13N3O2. The molecule has 1 unspecified atom stereocenters. The number of aromatic nitrogens is 2. The number of aromatic amines is 1. The van der Waals surface area contributed by atoms with Crippen LogP contribution in [0.5, 0.6) is 0 Å². The highest BCUT2D eigenvalue weighted by molar-refractivity contribution is 5.80. The highest BCUT2D eigenvalue weighted by Gasteiger charge is 2.27. The molecule has 1 aliphatic rings. The first-order valence-corrected chi connectivity index (χ1v) is 5.60. The molecule has 3 rings (SSSR count). The van der Waals surface area contributed by atoms with Crippen molar-refractivity contribution in [2.45, 2.75) is 19.1 Å². The molecule has 1 aromatic heterocycles. The van der Waals surface area contributed by atoms with E-state index in [1.807, 2.05) is 18.2 Å². The van der Waals surface area contributed by atoms with Gasteiger partial charge in [-0.05, 0) is 11.6 Å². The zero-order valence-electron chi connectivity index (χ0n) is 9.26. The molecule has 0 spiro atoms. The lowest BCUT2D eigenvalue weighted by Gasteiger charge is -2.15. The smallest absolute Gasteiger partial charge is 0.225 e. The van der Waals surface area contributed by atoms with Gasteiger partial charge in [0.25, 0.3) is 0 Å². The van der Waals surface area contributed by atoms with Gasteiger partial charge in [-0.1, -0.05) is 12.1 Å². The Balaban J connectivity index is 1.82. The van der Waals surface area contributed by atoms with Gasteiger partial charge in [0, 0.05) is 18.5 Å². The molecule has 5 nitrogen and oxygen atoms in total. The summed E-state index contributed by atoms with van der Waals surface area (Å²) in [5, 5.41) is 17.3. The third-order valence-electron chi connectivity index (χ3n) is 3.07. The van der Waals surface area contributed by atoms with Gasteiger partial charge < -0.3 is 10.0 Å². The van der Waals surface area contributed by atoms with E-state index in [1.165, 1.54) is 0 Å². The van der Waals surface area contributed by atoms with Gasteiger partial charge in [-0.2, -0.15) is 5.10 Å². The summed E-state index contributed by atoms with van der Waals surface area (Å²) < 4.78 is 0. The molecule has 0 aliphatic carbocycles. The number of aliphatic hydroxyl groups is 1. The van der Waals surface area contributed by atoms with Crippen molar-refractivity contribution >= 4 is 16.8 Å². The topological polar surface area (TPSA) is 69.2 Å². The SMILES string of the molecule is O=C1CC(O)CN1Cc1ccc2cn[nH]c2c1. The molecule has 5 heteroatoms. The zero-order valence-corrected chi connectivity index (χ0v) is 9.26. The summed E-state index contributed by atoms with van der Waals surface area (Å²) in [5.41, 5.74) is 2.01. The summed E-state index contributed by atoms with van der Waals surface area (Å²) in [5.74, 6) is 0.0159. The van der Waals surface area contributed by atoms with E-state index in [2.05, 4.69) is 10.2 Å². The van der Waals surface area contributed by atoms with Crippen molar-refractivity contribution in [3.05, 3.63) is 30.0 Å². The van der Waals surface area contributed by atoms with Gasteiger partial charge in [0.15, 0.2) is 0 Å². The lowest BCUT2D eigenvalue weighted by Crippen LogP contribution is -2.25. The molecule has 1 fully saturated rings. The van der Waals surface area contributed by atoms with Crippen LogP contribution in [0, 0.1) is 0 Å². The summed E-state index contributed by atoms with van der Waals surface area (Å²) >= 11 is 0. The van der Waals surface area contributed by atoms with Crippen molar-refractivity contribution in [2.75, 3.05) is 6.54 Å². The first kappa shape index (κ1) is 10.3. The molecule has 1 aliphatic heterocycles. The van der Waals surface area contributed by atoms with E-state index >= 15 is 0 Å². The molecule has 17 heavy (non-hydrogen) atoms. The number of H-pyrrole nitrogens is 1. The number of fused-ring (bicyclic) bond motifs is 1. The molecule has 1 amide bonds. The second-order valence-electron chi connectivity index (χ2n) is 4.42. The van der Waals surface area contributed by atoms with Crippen LogP contribution in [0.1, 0.15) is 12.0 Å². The van der Waals surface area contributed by atoms with E-state index in [9.17, 15) is 9.90 Å². The Hall–Kier alpha value is -1.88. The maximum atomic E-state index is 11.5. The molecular weight excluding hydrogens is 218 g/mol. The zero-order chi connectivity index (χ0) is 11.8. The van der Waals surface area contributed by atoms with Gasteiger partial charge in [0.2, 0.25) is 5.91 Å². The Bertz CT molecular complexity index is 564. The van der Waals surface area contributed by atoms with Gasteiger partial charge in [0.1, 0.15) is 0 Å². The van der Waals surface area contributed by atoms with Crippen LogP contribution < -0.4 is 0 Å². The van der Waals surface area contributed by atoms with Crippen molar-refractivity contribution < 1.29 is 9.90 Å². The monoisotopic (exact) mass is 231 g/mol. The molecule has 1 atom stereocenters. The molecule has 2 N–H and O–H groups in total. The van der Waals surface area contributed by atoms with E-state index < -0.39 is 6.10 Å². The second-order valence-corrected chi connectivity index (χ2v) is 4.42. The third-order valence-corrected chi connectivity index (χ3v) is 3.07. The number of carbonyl (C=O) groups is 1. The fourth-order valence-corrected chi connectivity index (χ4v) is 2.21. The number of hydrogen-bond donors (Lipinski definition) is 2. The fraction of sp³-hybridized carbons (Fsp3) is 0.333. The molecule has 0 radical (unpaired) electrons. The predicted molar refractivity (Wildman–Crippen MR) is 62.1 cm³/mol. The van der Waals surface area contributed by atoms with E-state index in [0.717, 1.165) is 16.5 Å². The molecule has 2 heterocycles. The Morgan fingerprint density at radius 1 is 1.53 bits per heavy atom. The number of rotatable bonds is 2. The first-order chi connectivity index (χ1) is 8.22. The van der Waals surface area contributed by atoms with E-state index in [-0.39, 0.29) is 12.3 Å². The predicted octanol–water partition coefficient (Wildman–Crippen LogP) is 0.656. The Kier molecular flexibility index (Phi) is 2.33. The Morgan fingerprint density at radius 3 is 3.18 bits per heavy atom. The lowest BCUT2D eigenvalue weighted by atomic mass is 10.1. The van der Waals surface area contributed by atoms with Crippen molar-refractivity contribution in [1.82, 2.24) is 15.1 Å². The van der Waals surface area contributed by atoms with E-state index in [0.29, 0.717) is 13.1 Å². The number of carbonyl (C=O) groups excluding carboxylic acids is 1. The average molecular weight is 231 g/mol. The number of β-amino-alcohol motifs (C(OH)–C–C–N with tert-alkyl or cyclic N) is 1. The molecule has 0 saturated carbocycles. The minimum atomic E-state index is -0.515. The second kappa shape index (κ2) is 3.85. The number of nitrogens with one attached hydrogen (secondary N) is 1. The van der Waals surface area contributed by atoms with Crippen molar-refractivity contribution in [2.24, 2.45) is 0 Å². The number of aliphatic hydroxyl groups excluding tert-OH is 1. The highest BCUT2D eigenvalue weighted by atomic mass is 16.3. The number of benzene rings is 1. The normalized spacial score (nSPS) is 20.4. The molecule has 1 aromatic carbocycles. The minimum Gasteiger partial charge on any atom is -0.391 e. The largest absolute Gasteiger partial charge is 0.391 e. The van der Waals surface area contributed by atoms with Crippen LogP contribution in [0.4, 0.5) is 0 Å². The average Bonchev–Trinajstić information content (AvgIpc) is 2.85. The van der Waals surface area contributed by atoms with E-state index in [1.54, 1.807) is 11.1 Å². The summed E-state index contributed by atoms with van der Waals surface area (Å²) in [6.45, 7) is 0.977. The quantitative estimate of drug-likeness (QED) is 0.797. The van der Waals surface area contributed by atoms with Gasteiger partial charge in [-0.3, -0.25) is 9.89 Å². The summed E-state index contributed by atoms with van der Waals surface area (Å²) in [6.07, 6.45) is 1.49. The summed E-state index contributed by atoms with van der Waals surface area (Å²) in [7, 11) is 0. The van der Waals surface area contributed by atoms with Crippen LogP contribution >= 0.6 is 0 Å². The Morgan fingerprint density at radius 2 is 2.41 bits per heavy atom. The van der Waals surface area contributed by atoms with Gasteiger partial charge in [-0.15, -0.1) is 0 Å². The number of likely N-dealkylation sites (tertiary alicyclic amines) is 1. The molecule has 1 saturated heterocycles. The summed E-state index contributed by atoms with van der Waals surface area (Å²) in [6, 6.07) is 5.95. The van der Waals surface area contributed by atoms with Crippen LogP contribution in [0.2, 0.25) is 0 Å². The molecule has 0 bridgehead atoms. The standard InChI is InChI=1S/C12H13N3O2/c16-10-4-12(17)15(7-10)6-8-1-2-9-5-13-14-11(9)3-8/h1-3,5,10,16H,4,6-7H2,(H,13,14). The summed E-state index contributed by atoms with van der Waals surface area (Å²) in [4.78, 5) is 13.2. The van der Waals surface area contributed by atoms with Crippen molar-refractivity contribution in [3.63, 3.8) is 0 Å². The van der Waals surface area contributed by atoms with Crippen LogP contribution in [-0.4, -0.2) is 38.8 Å². The van der Waals surface area contributed by atoms with Crippen LogP contribution in [0.3, 0.4) is 0 Å². The molecule has 2 aromatic rings. The lowest BCUT2D eigenvalue weighted by molar-refractivity contribution is -0.128. The van der Waals surface area contributed by atoms with Gasteiger partial charge >= 0.3 is 0 Å². The van der Waals surface area contributed by atoms with Crippen molar-refractivity contribution in [3.8, 4) is 0 Å². The van der Waals surface area contributed by atoms with Gasteiger partial charge in [0.05, 0.1) is 24.2 Å². The number of amides is 1. The number of nitrogens with zero attached hydrogens (tertiary/aromatic N) is 2. The highest BCUT2D eigenvalue weighted by Crippen LogP contribution is 2.18. The van der Waals surface area contributed by atoms with Crippen LogP contribution in [0.15, 0.2) is 24.4 Å². The van der Waals surface area contributed by atoms with Crippen molar-refractivity contribution in [1.29, 1.82) is 0 Å². The van der Waals surface area contributed by atoms with Gasteiger partial charge in [-0.25, -0.2) is 0 Å². The maximum Gasteiger partial charge on any atom is 0.225 e. The minimum absolute atomic E-state index is 0.0159. The fourth-order valence-electron chi connectivity index (χ4n) is 2.21. The Labute approximate surface area is 98.0 Å². The molecule has 88 valence electrons. The van der Waals surface area contributed by atoms with Crippen LogP contribution in [-0.2, 0) is 11.3 Å². The number of hydrogen-bond acceptors (Lipinski definition) is 3.